The molecule has 114 valence electrons. The van der Waals surface area contributed by atoms with Crippen molar-refractivity contribution in [1.82, 2.24) is 14.6 Å². The molecule has 1 aliphatic rings. The lowest BCUT2D eigenvalue weighted by atomic mass is 9.92. The Morgan fingerprint density at radius 3 is 2.95 bits per heavy atom. The second kappa shape index (κ2) is 5.64. The normalized spacial score (nSPS) is 23.2. The van der Waals surface area contributed by atoms with E-state index in [0.717, 1.165) is 35.9 Å². The second-order valence-corrected chi connectivity index (χ2v) is 6.52. The molecule has 2 aromatic heterocycles. The molecule has 3 heterocycles. The summed E-state index contributed by atoms with van der Waals surface area (Å²) in [7, 11) is 0. The van der Waals surface area contributed by atoms with Crippen molar-refractivity contribution in [3.05, 3.63) is 24.2 Å². The van der Waals surface area contributed by atoms with Crippen LogP contribution >= 0.6 is 0 Å². The van der Waals surface area contributed by atoms with Crippen molar-refractivity contribution < 1.29 is 0 Å². The molecule has 0 saturated carbocycles. The van der Waals surface area contributed by atoms with Gasteiger partial charge in [0.1, 0.15) is 5.52 Å². The predicted octanol–water partition coefficient (Wildman–Crippen LogP) is 2.42. The second-order valence-electron chi connectivity index (χ2n) is 6.52. The number of hydrogen-bond acceptors (Lipinski definition) is 4. The molecule has 0 aliphatic carbocycles. The van der Waals surface area contributed by atoms with E-state index in [1.54, 1.807) is 0 Å². The van der Waals surface area contributed by atoms with Crippen LogP contribution in [0.3, 0.4) is 0 Å². The molecular weight excluding hydrogens is 262 g/mol. The summed E-state index contributed by atoms with van der Waals surface area (Å²) in [6.45, 7) is 8.35. The van der Waals surface area contributed by atoms with Crippen LogP contribution < -0.4 is 10.6 Å². The number of fused-ring (bicyclic) bond motifs is 1. The minimum Gasteiger partial charge on any atom is -0.351 e. The molecule has 0 spiro atoms. The molecule has 2 unspecified atom stereocenters. The quantitative estimate of drug-likeness (QED) is 0.942. The Kier molecular flexibility index (Phi) is 3.85. The van der Waals surface area contributed by atoms with Gasteiger partial charge in [0.15, 0.2) is 5.82 Å². The fraction of sp³-hybridized carbons (Fsp3) is 0.625. The Balaban J connectivity index is 2.02. The van der Waals surface area contributed by atoms with Gasteiger partial charge in [-0.2, -0.15) is 5.10 Å². The van der Waals surface area contributed by atoms with E-state index in [1.165, 1.54) is 6.42 Å². The molecule has 5 heteroatoms. The monoisotopic (exact) mass is 287 g/mol. The SMILES string of the molecule is CC1CCN(c2nccn3nc(C(C)C)cc23)C(CN)C1. The Labute approximate surface area is 126 Å². The van der Waals surface area contributed by atoms with Gasteiger partial charge >= 0.3 is 0 Å². The Morgan fingerprint density at radius 2 is 2.24 bits per heavy atom. The highest BCUT2D eigenvalue weighted by atomic mass is 15.3. The minimum absolute atomic E-state index is 0.379. The van der Waals surface area contributed by atoms with Crippen molar-refractivity contribution >= 4 is 11.3 Å². The summed E-state index contributed by atoms with van der Waals surface area (Å²) in [6, 6.07) is 2.54. The minimum atomic E-state index is 0.379. The first kappa shape index (κ1) is 14.3. The molecule has 2 atom stereocenters. The van der Waals surface area contributed by atoms with E-state index in [9.17, 15) is 0 Å². The highest BCUT2D eigenvalue weighted by Crippen LogP contribution is 2.30. The van der Waals surface area contributed by atoms with E-state index >= 15 is 0 Å². The number of aromatic nitrogens is 3. The Bertz CT molecular complexity index is 618. The lowest BCUT2D eigenvalue weighted by Gasteiger charge is -2.38. The van der Waals surface area contributed by atoms with E-state index in [0.29, 0.717) is 18.5 Å². The van der Waals surface area contributed by atoms with Crippen molar-refractivity contribution in [2.45, 2.75) is 45.6 Å². The van der Waals surface area contributed by atoms with Crippen molar-refractivity contribution in [2.24, 2.45) is 11.7 Å². The van der Waals surface area contributed by atoms with Crippen molar-refractivity contribution in [2.75, 3.05) is 18.0 Å². The van der Waals surface area contributed by atoms with Crippen molar-refractivity contribution in [1.29, 1.82) is 0 Å². The van der Waals surface area contributed by atoms with E-state index < -0.39 is 0 Å². The molecule has 1 aliphatic heterocycles. The van der Waals surface area contributed by atoms with E-state index in [1.807, 2.05) is 16.9 Å². The van der Waals surface area contributed by atoms with Crippen LogP contribution in [0, 0.1) is 5.92 Å². The highest BCUT2D eigenvalue weighted by Gasteiger charge is 2.28. The van der Waals surface area contributed by atoms with E-state index in [4.69, 9.17) is 5.73 Å². The van der Waals surface area contributed by atoms with Crippen LogP contribution in [0.2, 0.25) is 0 Å². The molecule has 5 nitrogen and oxygen atoms in total. The lowest BCUT2D eigenvalue weighted by Crippen LogP contribution is -2.46. The van der Waals surface area contributed by atoms with Crippen LogP contribution in [0.1, 0.15) is 45.2 Å². The third-order valence-electron chi connectivity index (χ3n) is 4.50. The van der Waals surface area contributed by atoms with Gasteiger partial charge in [0.05, 0.1) is 5.69 Å². The number of hydrogen-bond donors (Lipinski definition) is 1. The third-order valence-corrected chi connectivity index (χ3v) is 4.50. The number of piperidine rings is 1. The van der Waals surface area contributed by atoms with Crippen LogP contribution in [0.25, 0.3) is 5.52 Å². The molecule has 1 fully saturated rings. The maximum Gasteiger partial charge on any atom is 0.154 e. The van der Waals surface area contributed by atoms with Crippen molar-refractivity contribution in [3.63, 3.8) is 0 Å². The first-order valence-electron chi connectivity index (χ1n) is 7.91. The first-order valence-corrected chi connectivity index (χ1v) is 7.91. The summed E-state index contributed by atoms with van der Waals surface area (Å²) >= 11 is 0. The van der Waals surface area contributed by atoms with Gasteiger partial charge in [-0.1, -0.05) is 20.8 Å². The average molecular weight is 287 g/mol. The summed E-state index contributed by atoms with van der Waals surface area (Å²) in [5, 5.41) is 4.65. The maximum atomic E-state index is 6.00. The third kappa shape index (κ3) is 2.62. The number of nitrogens with two attached hydrogens (primary N) is 1. The molecule has 0 aromatic carbocycles. The zero-order valence-corrected chi connectivity index (χ0v) is 13.2. The first-order chi connectivity index (χ1) is 10.1. The fourth-order valence-corrected chi connectivity index (χ4v) is 3.18. The molecule has 0 radical (unpaired) electrons. The molecule has 21 heavy (non-hydrogen) atoms. The van der Waals surface area contributed by atoms with Gasteiger partial charge in [-0.15, -0.1) is 0 Å². The van der Waals surface area contributed by atoms with Gasteiger partial charge in [-0.25, -0.2) is 9.50 Å². The van der Waals surface area contributed by atoms with Gasteiger partial charge in [0, 0.05) is 31.5 Å². The van der Waals surface area contributed by atoms with Crippen molar-refractivity contribution in [3.8, 4) is 0 Å². The van der Waals surface area contributed by atoms with Crippen LogP contribution in [0.4, 0.5) is 5.82 Å². The molecule has 2 aromatic rings. The molecular formula is C16H25N5. The maximum absolute atomic E-state index is 6.00. The Hall–Kier alpha value is -1.62. The van der Waals surface area contributed by atoms with Gasteiger partial charge in [0.25, 0.3) is 0 Å². The summed E-state index contributed by atoms with van der Waals surface area (Å²) in [4.78, 5) is 7.01. The summed E-state index contributed by atoms with van der Waals surface area (Å²) < 4.78 is 1.95. The summed E-state index contributed by atoms with van der Waals surface area (Å²) in [5.74, 6) is 2.19. The molecule has 2 N–H and O–H groups in total. The molecule has 1 saturated heterocycles. The molecule has 0 bridgehead atoms. The number of anilines is 1. The molecule has 0 amide bonds. The number of rotatable bonds is 3. The molecule has 3 rings (SSSR count). The zero-order valence-electron chi connectivity index (χ0n) is 13.2. The van der Waals surface area contributed by atoms with Crippen LogP contribution in [0.5, 0.6) is 0 Å². The van der Waals surface area contributed by atoms with Gasteiger partial charge < -0.3 is 10.6 Å². The van der Waals surface area contributed by atoms with Gasteiger partial charge in [-0.3, -0.25) is 0 Å². The highest BCUT2D eigenvalue weighted by molar-refractivity contribution is 5.69. The largest absolute Gasteiger partial charge is 0.351 e. The van der Waals surface area contributed by atoms with Crippen LogP contribution in [-0.4, -0.2) is 33.7 Å². The average Bonchev–Trinajstić information content (AvgIpc) is 2.91. The standard InChI is InChI=1S/C16H25N5/c1-11(2)14-9-15-16(18-5-7-21(15)19-14)20-6-4-12(3)8-13(20)10-17/h5,7,9,11-13H,4,6,8,10,17H2,1-3H3. The van der Waals surface area contributed by atoms with Crippen LogP contribution in [0.15, 0.2) is 18.5 Å². The topological polar surface area (TPSA) is 59.5 Å². The fourth-order valence-electron chi connectivity index (χ4n) is 3.18. The summed E-state index contributed by atoms with van der Waals surface area (Å²) in [6.07, 6.45) is 6.11. The van der Waals surface area contributed by atoms with E-state index in [2.05, 4.69) is 41.8 Å². The predicted molar refractivity (Wildman–Crippen MR) is 85.7 cm³/mol. The number of nitrogens with zero attached hydrogens (tertiary/aromatic N) is 4. The smallest absolute Gasteiger partial charge is 0.154 e. The zero-order chi connectivity index (χ0) is 15.0. The van der Waals surface area contributed by atoms with Gasteiger partial charge in [0.2, 0.25) is 0 Å². The Morgan fingerprint density at radius 1 is 1.43 bits per heavy atom. The van der Waals surface area contributed by atoms with Crippen LogP contribution in [-0.2, 0) is 0 Å². The lowest BCUT2D eigenvalue weighted by molar-refractivity contribution is 0.365. The van der Waals surface area contributed by atoms with E-state index in [-0.39, 0.29) is 0 Å². The summed E-state index contributed by atoms with van der Waals surface area (Å²) in [5.41, 5.74) is 8.20. The van der Waals surface area contributed by atoms with Gasteiger partial charge in [-0.05, 0) is 30.7 Å².